The molecule has 16 heavy (non-hydrogen) atoms. The molecule has 0 aliphatic rings. The molecule has 4 heteroatoms. The molecule has 0 saturated heterocycles. The average Bonchev–Trinajstić information content (AvgIpc) is 2.65. The number of pyridine rings is 1. The van der Waals surface area contributed by atoms with E-state index in [1.807, 2.05) is 18.3 Å². The molecular weight excluding hydrogens is 202 g/mol. The van der Waals surface area contributed by atoms with Gasteiger partial charge in [-0.1, -0.05) is 0 Å². The third-order valence-corrected chi connectivity index (χ3v) is 2.72. The van der Waals surface area contributed by atoms with E-state index in [1.165, 1.54) is 0 Å². The van der Waals surface area contributed by atoms with Crippen molar-refractivity contribution in [1.82, 2.24) is 9.55 Å². The predicted octanol–water partition coefficient (Wildman–Crippen LogP) is 1.27. The molecule has 1 unspecified atom stereocenters. The molecule has 0 spiro atoms. The van der Waals surface area contributed by atoms with Crippen LogP contribution in [0.1, 0.15) is 18.9 Å². The summed E-state index contributed by atoms with van der Waals surface area (Å²) in [6, 6.07) is 3.95. The fourth-order valence-corrected chi connectivity index (χ4v) is 1.85. The molecular formula is C12H17N3O. The summed E-state index contributed by atoms with van der Waals surface area (Å²) in [5, 5.41) is 10.4. The van der Waals surface area contributed by atoms with Gasteiger partial charge in [0.2, 0.25) is 0 Å². The third kappa shape index (κ3) is 2.08. The van der Waals surface area contributed by atoms with Crippen LogP contribution in [0.15, 0.2) is 24.5 Å². The highest BCUT2D eigenvalue weighted by atomic mass is 16.3. The Morgan fingerprint density at radius 3 is 3.06 bits per heavy atom. The van der Waals surface area contributed by atoms with Gasteiger partial charge in [0.25, 0.3) is 0 Å². The van der Waals surface area contributed by atoms with Crippen molar-refractivity contribution < 1.29 is 5.11 Å². The molecule has 0 aromatic carbocycles. The number of nitrogens with zero attached hydrogens (tertiary/aromatic N) is 2. The Balaban J connectivity index is 2.37. The van der Waals surface area contributed by atoms with Crippen LogP contribution in [0.25, 0.3) is 11.0 Å². The number of aliphatic hydroxyl groups is 1. The van der Waals surface area contributed by atoms with Gasteiger partial charge >= 0.3 is 0 Å². The maximum Gasteiger partial charge on any atom is 0.140 e. The van der Waals surface area contributed by atoms with Gasteiger partial charge < -0.3 is 15.4 Å². The molecule has 0 saturated carbocycles. The molecule has 0 aliphatic heterocycles. The van der Waals surface area contributed by atoms with Gasteiger partial charge in [-0.15, -0.1) is 0 Å². The molecule has 2 rings (SSSR count). The molecule has 2 heterocycles. The number of hydrogen-bond donors (Lipinski definition) is 2. The zero-order valence-electron chi connectivity index (χ0n) is 9.43. The minimum absolute atomic E-state index is 0.289. The zero-order valence-corrected chi connectivity index (χ0v) is 9.43. The molecule has 0 radical (unpaired) electrons. The minimum atomic E-state index is -0.289. The van der Waals surface area contributed by atoms with Crippen LogP contribution in [0.5, 0.6) is 0 Å². The van der Waals surface area contributed by atoms with Crippen molar-refractivity contribution in [3.8, 4) is 0 Å². The van der Waals surface area contributed by atoms with Gasteiger partial charge in [-0.05, 0) is 31.0 Å². The molecule has 2 aromatic rings. The smallest absolute Gasteiger partial charge is 0.140 e. The highest BCUT2D eigenvalue weighted by Gasteiger charge is 2.08. The Morgan fingerprint density at radius 1 is 1.56 bits per heavy atom. The first kappa shape index (κ1) is 11.1. The van der Waals surface area contributed by atoms with Gasteiger partial charge in [-0.25, -0.2) is 4.98 Å². The number of rotatable bonds is 4. The molecule has 2 aromatic heterocycles. The monoisotopic (exact) mass is 219 g/mol. The maximum atomic E-state index is 9.29. The molecule has 0 aliphatic carbocycles. The van der Waals surface area contributed by atoms with Gasteiger partial charge in [0.05, 0.1) is 6.10 Å². The SMILES string of the molecule is CC(O)CCn1cc(CN)c2cccnc21. The highest BCUT2D eigenvalue weighted by molar-refractivity contribution is 5.80. The van der Waals surface area contributed by atoms with E-state index in [4.69, 9.17) is 5.73 Å². The molecule has 3 N–H and O–H groups in total. The van der Waals surface area contributed by atoms with Crippen molar-refractivity contribution >= 4 is 11.0 Å². The Hall–Kier alpha value is -1.39. The van der Waals surface area contributed by atoms with Crippen LogP contribution in [0, 0.1) is 0 Å². The van der Waals surface area contributed by atoms with Crippen LogP contribution in [0.4, 0.5) is 0 Å². The molecule has 0 amide bonds. The lowest BCUT2D eigenvalue weighted by molar-refractivity contribution is 0.178. The van der Waals surface area contributed by atoms with E-state index in [1.54, 1.807) is 13.1 Å². The summed E-state index contributed by atoms with van der Waals surface area (Å²) in [7, 11) is 0. The van der Waals surface area contributed by atoms with Crippen molar-refractivity contribution in [1.29, 1.82) is 0 Å². The van der Waals surface area contributed by atoms with Gasteiger partial charge in [-0.2, -0.15) is 0 Å². The number of nitrogens with two attached hydrogens (primary N) is 1. The van der Waals surface area contributed by atoms with Crippen LogP contribution in [0.3, 0.4) is 0 Å². The van der Waals surface area contributed by atoms with E-state index < -0.39 is 0 Å². The fraction of sp³-hybridized carbons (Fsp3) is 0.417. The van der Waals surface area contributed by atoms with Crippen molar-refractivity contribution in [3.05, 3.63) is 30.1 Å². The topological polar surface area (TPSA) is 64.1 Å². The van der Waals surface area contributed by atoms with Gasteiger partial charge in [0, 0.05) is 30.9 Å². The molecule has 0 fully saturated rings. The summed E-state index contributed by atoms with van der Waals surface area (Å²) in [6.45, 7) is 3.08. The fourth-order valence-electron chi connectivity index (χ4n) is 1.85. The van der Waals surface area contributed by atoms with Crippen molar-refractivity contribution in [3.63, 3.8) is 0 Å². The first-order valence-electron chi connectivity index (χ1n) is 5.53. The van der Waals surface area contributed by atoms with Gasteiger partial charge in [-0.3, -0.25) is 0 Å². The summed E-state index contributed by atoms with van der Waals surface area (Å²) in [4.78, 5) is 4.35. The van der Waals surface area contributed by atoms with E-state index in [9.17, 15) is 5.11 Å². The van der Waals surface area contributed by atoms with E-state index in [2.05, 4.69) is 9.55 Å². The van der Waals surface area contributed by atoms with Crippen LogP contribution in [-0.2, 0) is 13.1 Å². The van der Waals surface area contributed by atoms with Crippen molar-refractivity contribution in [2.45, 2.75) is 32.5 Å². The summed E-state index contributed by atoms with van der Waals surface area (Å²) in [6.07, 6.45) is 4.24. The quantitative estimate of drug-likeness (QED) is 0.813. The first-order valence-corrected chi connectivity index (χ1v) is 5.53. The van der Waals surface area contributed by atoms with Crippen LogP contribution >= 0.6 is 0 Å². The normalized spacial score (nSPS) is 13.2. The number of hydrogen-bond acceptors (Lipinski definition) is 3. The second kappa shape index (κ2) is 4.63. The number of aliphatic hydroxyl groups excluding tert-OH is 1. The molecule has 86 valence electrons. The Kier molecular flexibility index (Phi) is 3.22. The van der Waals surface area contributed by atoms with E-state index in [-0.39, 0.29) is 6.10 Å². The number of aromatic nitrogens is 2. The van der Waals surface area contributed by atoms with Crippen molar-refractivity contribution in [2.24, 2.45) is 5.73 Å². The largest absolute Gasteiger partial charge is 0.393 e. The third-order valence-electron chi connectivity index (χ3n) is 2.72. The van der Waals surface area contributed by atoms with E-state index >= 15 is 0 Å². The lowest BCUT2D eigenvalue weighted by Gasteiger charge is -2.06. The van der Waals surface area contributed by atoms with E-state index in [0.29, 0.717) is 6.54 Å². The minimum Gasteiger partial charge on any atom is -0.393 e. The average molecular weight is 219 g/mol. The lowest BCUT2D eigenvalue weighted by atomic mass is 10.2. The van der Waals surface area contributed by atoms with Crippen LogP contribution < -0.4 is 5.73 Å². The van der Waals surface area contributed by atoms with Crippen molar-refractivity contribution in [2.75, 3.05) is 0 Å². The van der Waals surface area contributed by atoms with E-state index in [0.717, 1.165) is 29.6 Å². The summed E-state index contributed by atoms with van der Waals surface area (Å²) >= 11 is 0. The van der Waals surface area contributed by atoms with Crippen LogP contribution in [0.2, 0.25) is 0 Å². The maximum absolute atomic E-state index is 9.29. The Morgan fingerprint density at radius 2 is 2.38 bits per heavy atom. The molecule has 0 bridgehead atoms. The van der Waals surface area contributed by atoms with Gasteiger partial charge in [0.1, 0.15) is 5.65 Å². The Bertz CT molecular complexity index is 476. The lowest BCUT2D eigenvalue weighted by Crippen LogP contribution is -2.06. The molecule has 4 nitrogen and oxygen atoms in total. The standard InChI is InChI=1S/C12H17N3O/c1-9(16)4-6-15-8-10(7-13)11-3-2-5-14-12(11)15/h2-3,5,8-9,16H,4,6-7,13H2,1H3. The summed E-state index contributed by atoms with van der Waals surface area (Å²) in [5.41, 5.74) is 7.75. The predicted molar refractivity (Wildman–Crippen MR) is 63.9 cm³/mol. The second-order valence-electron chi connectivity index (χ2n) is 4.06. The highest BCUT2D eigenvalue weighted by Crippen LogP contribution is 2.19. The first-order chi connectivity index (χ1) is 7.72. The Labute approximate surface area is 94.7 Å². The zero-order chi connectivity index (χ0) is 11.5. The number of aryl methyl sites for hydroxylation is 1. The number of fused-ring (bicyclic) bond motifs is 1. The summed E-state index contributed by atoms with van der Waals surface area (Å²) < 4.78 is 2.06. The molecule has 1 atom stereocenters. The van der Waals surface area contributed by atoms with Gasteiger partial charge in [0.15, 0.2) is 0 Å². The summed E-state index contributed by atoms with van der Waals surface area (Å²) in [5.74, 6) is 0. The second-order valence-corrected chi connectivity index (χ2v) is 4.06. The van der Waals surface area contributed by atoms with Crippen LogP contribution in [-0.4, -0.2) is 20.8 Å².